The number of halogens is 4. The number of nitrogens with one attached hydrogen (secondary N) is 1. The molecular weight excluding hydrogens is 381 g/mol. The lowest BCUT2D eigenvalue weighted by Crippen LogP contribution is -2.54. The molecule has 0 radical (unpaired) electrons. The summed E-state index contributed by atoms with van der Waals surface area (Å²) < 4.78 is 41.1. The highest BCUT2D eigenvalue weighted by Gasteiger charge is 2.29. The van der Waals surface area contributed by atoms with E-state index in [9.17, 15) is 18.0 Å². The molecule has 9 heteroatoms. The molecular formula is C18H20ClF3N4O. The molecule has 2 aliphatic rings. The molecule has 0 spiro atoms. The van der Waals surface area contributed by atoms with Crippen molar-refractivity contribution in [3.05, 3.63) is 34.5 Å². The van der Waals surface area contributed by atoms with Crippen LogP contribution in [0.25, 0.3) is 10.9 Å². The van der Waals surface area contributed by atoms with Crippen molar-refractivity contribution in [3.63, 3.8) is 0 Å². The van der Waals surface area contributed by atoms with Gasteiger partial charge < -0.3 is 9.88 Å². The second kappa shape index (κ2) is 7.33. The molecule has 27 heavy (non-hydrogen) atoms. The molecule has 0 unspecified atom stereocenters. The van der Waals surface area contributed by atoms with Crippen LogP contribution in [0, 0.1) is 11.6 Å². The molecule has 2 aromatic rings. The number of piperazine rings is 1. The van der Waals surface area contributed by atoms with Gasteiger partial charge in [0.15, 0.2) is 5.82 Å². The van der Waals surface area contributed by atoms with E-state index in [1.54, 1.807) is 4.90 Å². The SMILES string of the molecule is O=C(c1[nH]c2ccc(F)c(Cl)c2c1F)N1CCN(CCN2CC(F)C2)CC1. The van der Waals surface area contributed by atoms with Crippen molar-refractivity contribution in [3.8, 4) is 0 Å². The lowest BCUT2D eigenvalue weighted by Gasteiger charge is -2.38. The molecule has 0 bridgehead atoms. The number of benzene rings is 1. The van der Waals surface area contributed by atoms with Crippen LogP contribution < -0.4 is 0 Å². The Morgan fingerprint density at radius 1 is 1.11 bits per heavy atom. The number of carbonyl (C=O) groups excluding carboxylic acids is 1. The zero-order valence-corrected chi connectivity index (χ0v) is 15.4. The van der Waals surface area contributed by atoms with Gasteiger partial charge in [0, 0.05) is 52.4 Å². The van der Waals surface area contributed by atoms with Gasteiger partial charge in [0.05, 0.1) is 15.9 Å². The Kier molecular flexibility index (Phi) is 5.05. The number of rotatable bonds is 4. The number of alkyl halides is 1. The molecule has 2 aliphatic heterocycles. The van der Waals surface area contributed by atoms with Crippen molar-refractivity contribution >= 4 is 28.4 Å². The van der Waals surface area contributed by atoms with Crippen molar-refractivity contribution in [2.24, 2.45) is 0 Å². The summed E-state index contributed by atoms with van der Waals surface area (Å²) in [6, 6.07) is 2.50. The summed E-state index contributed by atoms with van der Waals surface area (Å²) in [5.74, 6) is -2.00. The van der Waals surface area contributed by atoms with Crippen LogP contribution in [0.4, 0.5) is 13.2 Å². The number of carbonyl (C=O) groups is 1. The number of hydrogen-bond donors (Lipinski definition) is 1. The van der Waals surface area contributed by atoms with Gasteiger partial charge in [-0.25, -0.2) is 13.2 Å². The van der Waals surface area contributed by atoms with Gasteiger partial charge in [-0.1, -0.05) is 11.6 Å². The Morgan fingerprint density at radius 3 is 2.44 bits per heavy atom. The molecule has 0 aliphatic carbocycles. The molecule has 2 saturated heterocycles. The van der Waals surface area contributed by atoms with Gasteiger partial charge in [-0.3, -0.25) is 14.6 Å². The van der Waals surface area contributed by atoms with E-state index in [4.69, 9.17) is 11.6 Å². The van der Waals surface area contributed by atoms with Crippen LogP contribution in [0.5, 0.6) is 0 Å². The Morgan fingerprint density at radius 2 is 1.78 bits per heavy atom. The van der Waals surface area contributed by atoms with Gasteiger partial charge in [0.1, 0.15) is 17.7 Å². The van der Waals surface area contributed by atoms with Crippen molar-refractivity contribution < 1.29 is 18.0 Å². The first-order chi connectivity index (χ1) is 12.9. The molecule has 0 atom stereocenters. The summed E-state index contributed by atoms with van der Waals surface area (Å²) in [5.41, 5.74) is 0.0992. The Labute approximate surface area is 159 Å². The molecule has 1 aromatic heterocycles. The van der Waals surface area contributed by atoms with Crippen LogP contribution >= 0.6 is 11.6 Å². The average molecular weight is 401 g/mol. The zero-order chi connectivity index (χ0) is 19.1. The second-order valence-electron chi connectivity index (χ2n) is 7.09. The molecule has 1 aromatic carbocycles. The fourth-order valence-electron chi connectivity index (χ4n) is 3.64. The van der Waals surface area contributed by atoms with Crippen LogP contribution in [0.2, 0.25) is 5.02 Å². The first-order valence-electron chi connectivity index (χ1n) is 8.97. The van der Waals surface area contributed by atoms with Gasteiger partial charge in [-0.15, -0.1) is 0 Å². The molecule has 2 fully saturated rings. The van der Waals surface area contributed by atoms with E-state index >= 15 is 0 Å². The Bertz CT molecular complexity index is 860. The standard InChI is InChI=1S/C18H20ClF3N4O/c19-15-12(21)1-2-13-14(15)16(22)17(23-13)18(27)26-7-5-24(6-8-26)3-4-25-9-11(20)10-25/h1-2,11,23H,3-10H2. The molecule has 4 rings (SSSR count). The number of aromatic nitrogens is 1. The van der Waals surface area contributed by atoms with Crippen LogP contribution in [0.1, 0.15) is 10.5 Å². The van der Waals surface area contributed by atoms with E-state index < -0.39 is 23.7 Å². The highest BCUT2D eigenvalue weighted by atomic mass is 35.5. The van der Waals surface area contributed by atoms with Crippen LogP contribution in [-0.2, 0) is 0 Å². The fraction of sp³-hybridized carbons (Fsp3) is 0.500. The first kappa shape index (κ1) is 18.6. The van der Waals surface area contributed by atoms with Crippen molar-refractivity contribution in [2.75, 3.05) is 52.4 Å². The van der Waals surface area contributed by atoms with Gasteiger partial charge in [0.2, 0.25) is 0 Å². The average Bonchev–Trinajstić information content (AvgIpc) is 2.98. The maximum atomic E-state index is 14.7. The highest BCUT2D eigenvalue weighted by molar-refractivity contribution is 6.35. The largest absolute Gasteiger partial charge is 0.348 e. The van der Waals surface area contributed by atoms with E-state index in [2.05, 4.69) is 14.8 Å². The summed E-state index contributed by atoms with van der Waals surface area (Å²) in [6.07, 6.45) is -0.701. The van der Waals surface area contributed by atoms with E-state index in [0.717, 1.165) is 19.2 Å². The quantitative estimate of drug-likeness (QED) is 0.857. The van der Waals surface area contributed by atoms with E-state index in [0.29, 0.717) is 44.8 Å². The molecule has 146 valence electrons. The Hall–Kier alpha value is -1.77. The van der Waals surface area contributed by atoms with Gasteiger partial charge in [-0.2, -0.15) is 0 Å². The molecule has 1 N–H and O–H groups in total. The molecule has 0 saturated carbocycles. The number of H-pyrrole nitrogens is 1. The smallest absolute Gasteiger partial charge is 0.273 e. The maximum absolute atomic E-state index is 14.7. The number of fused-ring (bicyclic) bond motifs is 1. The number of likely N-dealkylation sites (tertiary alicyclic amines) is 1. The minimum atomic E-state index is -0.819. The Balaban J connectivity index is 1.39. The van der Waals surface area contributed by atoms with Crippen LogP contribution in [-0.4, -0.2) is 84.1 Å². The van der Waals surface area contributed by atoms with Crippen molar-refractivity contribution in [1.82, 2.24) is 19.7 Å². The summed E-state index contributed by atoms with van der Waals surface area (Å²) in [7, 11) is 0. The van der Waals surface area contributed by atoms with Crippen molar-refractivity contribution in [2.45, 2.75) is 6.17 Å². The van der Waals surface area contributed by atoms with E-state index in [1.807, 2.05) is 0 Å². The van der Waals surface area contributed by atoms with Gasteiger partial charge in [-0.05, 0) is 12.1 Å². The lowest BCUT2D eigenvalue weighted by atomic mass is 10.2. The third-order valence-corrected chi connectivity index (χ3v) is 5.68. The predicted molar refractivity (Wildman–Crippen MR) is 96.9 cm³/mol. The minimum absolute atomic E-state index is 0.0978. The maximum Gasteiger partial charge on any atom is 0.273 e. The second-order valence-corrected chi connectivity index (χ2v) is 7.47. The number of amides is 1. The van der Waals surface area contributed by atoms with Crippen molar-refractivity contribution in [1.29, 1.82) is 0 Å². The molecule has 1 amide bonds. The molecule has 3 heterocycles. The summed E-state index contributed by atoms with van der Waals surface area (Å²) in [6.45, 7) is 4.94. The lowest BCUT2D eigenvalue weighted by molar-refractivity contribution is 0.0432. The van der Waals surface area contributed by atoms with E-state index in [-0.39, 0.29) is 16.1 Å². The minimum Gasteiger partial charge on any atom is -0.348 e. The zero-order valence-electron chi connectivity index (χ0n) is 14.7. The summed E-state index contributed by atoms with van der Waals surface area (Å²) in [4.78, 5) is 21.3. The first-order valence-corrected chi connectivity index (χ1v) is 9.35. The molecule has 5 nitrogen and oxygen atoms in total. The van der Waals surface area contributed by atoms with Gasteiger partial charge in [0.25, 0.3) is 5.91 Å². The van der Waals surface area contributed by atoms with E-state index in [1.165, 1.54) is 6.07 Å². The third kappa shape index (κ3) is 3.53. The van der Waals surface area contributed by atoms with Crippen LogP contribution in [0.15, 0.2) is 12.1 Å². The summed E-state index contributed by atoms with van der Waals surface area (Å²) in [5, 5.41) is -0.425. The summed E-state index contributed by atoms with van der Waals surface area (Å²) >= 11 is 5.85. The number of aromatic amines is 1. The third-order valence-electron chi connectivity index (χ3n) is 5.31. The highest BCUT2D eigenvalue weighted by Crippen LogP contribution is 2.31. The normalized spacial score (nSPS) is 19.6. The predicted octanol–water partition coefficient (Wildman–Crippen LogP) is 2.51. The van der Waals surface area contributed by atoms with Gasteiger partial charge >= 0.3 is 0 Å². The number of hydrogen-bond acceptors (Lipinski definition) is 3. The monoisotopic (exact) mass is 400 g/mol. The topological polar surface area (TPSA) is 42.6 Å². The fourth-order valence-corrected chi connectivity index (χ4v) is 3.88. The number of nitrogens with zero attached hydrogens (tertiary/aromatic N) is 3. The van der Waals surface area contributed by atoms with Crippen LogP contribution in [0.3, 0.4) is 0 Å².